The molecule has 2 aromatic carbocycles. The number of hydrogen-bond acceptors (Lipinski definition) is 7. The number of aryl methyl sites for hydroxylation is 1. The number of carbonyl (C=O) groups excluding carboxylic acids is 1. The van der Waals surface area contributed by atoms with Crippen LogP contribution in [0.2, 0.25) is 10.0 Å². The Morgan fingerprint density at radius 1 is 1.18 bits per heavy atom. The number of aromatic carboxylic acids is 1. The Kier molecular flexibility index (Phi) is 6.65. The molecule has 0 atom stereocenters. The van der Waals surface area contributed by atoms with Gasteiger partial charge >= 0.3 is 5.97 Å². The van der Waals surface area contributed by atoms with Crippen molar-refractivity contribution in [2.24, 2.45) is 12.1 Å². The summed E-state index contributed by atoms with van der Waals surface area (Å²) >= 11 is 12.0. The number of aromatic nitrogens is 2. The standard InChI is InChI=1S/C20H15Cl2N5O6/c1-9(16-18(28)17(26(2)25-16)10-4-6-13(21)14(22)7-10)23-24-19(29)11-3-5-12(20(30)31)15(8-11)27(32)33/h3-8,28H,1-2H3,(H,24,29)(H,30,31). The van der Waals surface area contributed by atoms with Gasteiger partial charge in [0.05, 0.1) is 20.7 Å². The van der Waals surface area contributed by atoms with Gasteiger partial charge in [0, 0.05) is 24.2 Å². The van der Waals surface area contributed by atoms with Gasteiger partial charge in [0.2, 0.25) is 0 Å². The van der Waals surface area contributed by atoms with Crippen LogP contribution in [0.3, 0.4) is 0 Å². The van der Waals surface area contributed by atoms with Gasteiger partial charge in [-0.3, -0.25) is 19.6 Å². The molecular weight excluding hydrogens is 477 g/mol. The SMILES string of the molecule is CC(=NNC(=O)c1ccc(C(=O)O)c([N+](=O)[O-])c1)c1nn(C)c(-c2ccc(Cl)c(Cl)c2)c1O. The molecule has 0 aliphatic rings. The van der Waals surface area contributed by atoms with Gasteiger partial charge in [-0.15, -0.1) is 0 Å². The lowest BCUT2D eigenvalue weighted by molar-refractivity contribution is -0.385. The van der Waals surface area contributed by atoms with E-state index >= 15 is 0 Å². The molecule has 1 heterocycles. The average molecular weight is 492 g/mol. The Morgan fingerprint density at radius 2 is 1.88 bits per heavy atom. The van der Waals surface area contributed by atoms with Gasteiger partial charge in [0.15, 0.2) is 11.4 Å². The molecule has 33 heavy (non-hydrogen) atoms. The van der Waals surface area contributed by atoms with Crippen LogP contribution in [0.1, 0.15) is 33.3 Å². The Morgan fingerprint density at radius 3 is 2.48 bits per heavy atom. The van der Waals surface area contributed by atoms with Crippen molar-refractivity contribution >= 4 is 46.5 Å². The zero-order valence-electron chi connectivity index (χ0n) is 17.0. The van der Waals surface area contributed by atoms with Crippen molar-refractivity contribution in [2.75, 3.05) is 0 Å². The number of rotatable bonds is 6. The normalized spacial score (nSPS) is 11.3. The summed E-state index contributed by atoms with van der Waals surface area (Å²) in [4.78, 5) is 33.7. The fourth-order valence-electron chi connectivity index (χ4n) is 2.98. The Bertz CT molecular complexity index is 1330. The van der Waals surface area contributed by atoms with Crippen LogP contribution in [0.25, 0.3) is 11.3 Å². The van der Waals surface area contributed by atoms with Gasteiger partial charge in [-0.1, -0.05) is 29.3 Å². The molecule has 0 fully saturated rings. The van der Waals surface area contributed by atoms with Crippen LogP contribution in [-0.2, 0) is 7.05 Å². The van der Waals surface area contributed by atoms with Crippen LogP contribution < -0.4 is 5.43 Å². The molecule has 13 heteroatoms. The molecule has 3 aromatic rings. The number of benzene rings is 2. The van der Waals surface area contributed by atoms with Crippen molar-refractivity contribution in [3.8, 4) is 17.0 Å². The van der Waals surface area contributed by atoms with E-state index in [2.05, 4.69) is 15.6 Å². The first-order valence-electron chi connectivity index (χ1n) is 9.09. The Labute approximate surface area is 196 Å². The number of halogens is 2. The van der Waals surface area contributed by atoms with Crippen molar-refractivity contribution in [3.63, 3.8) is 0 Å². The predicted octanol–water partition coefficient (Wildman–Crippen LogP) is 3.86. The van der Waals surface area contributed by atoms with Crippen LogP contribution in [-0.4, -0.2) is 42.5 Å². The third kappa shape index (κ3) is 4.78. The second-order valence-electron chi connectivity index (χ2n) is 6.73. The smallest absolute Gasteiger partial charge is 0.342 e. The highest BCUT2D eigenvalue weighted by atomic mass is 35.5. The molecule has 0 aliphatic heterocycles. The number of nitrogens with zero attached hydrogens (tertiary/aromatic N) is 4. The van der Waals surface area contributed by atoms with Crippen LogP contribution in [0.4, 0.5) is 5.69 Å². The van der Waals surface area contributed by atoms with E-state index in [4.69, 9.17) is 28.3 Å². The van der Waals surface area contributed by atoms with Gasteiger partial charge in [0.1, 0.15) is 11.3 Å². The number of carbonyl (C=O) groups is 2. The van der Waals surface area contributed by atoms with Gasteiger partial charge in [-0.2, -0.15) is 10.2 Å². The summed E-state index contributed by atoms with van der Waals surface area (Å²) in [5.74, 6) is -2.53. The van der Waals surface area contributed by atoms with Crippen LogP contribution in [0.15, 0.2) is 41.5 Å². The average Bonchev–Trinajstić information content (AvgIpc) is 3.07. The molecule has 170 valence electrons. The molecule has 1 aromatic heterocycles. The summed E-state index contributed by atoms with van der Waals surface area (Å²) in [5, 5.41) is 39.6. The number of amides is 1. The van der Waals surface area contributed by atoms with Crippen LogP contribution in [0, 0.1) is 10.1 Å². The zero-order valence-corrected chi connectivity index (χ0v) is 18.5. The van der Waals surface area contributed by atoms with E-state index in [9.17, 15) is 24.8 Å². The molecule has 3 N–H and O–H groups in total. The second-order valence-corrected chi connectivity index (χ2v) is 7.55. The van der Waals surface area contributed by atoms with Crippen molar-refractivity contribution in [2.45, 2.75) is 6.92 Å². The summed E-state index contributed by atoms with van der Waals surface area (Å²) in [6.07, 6.45) is 0. The summed E-state index contributed by atoms with van der Waals surface area (Å²) < 4.78 is 1.40. The van der Waals surface area contributed by atoms with Crippen LogP contribution in [0.5, 0.6) is 5.75 Å². The van der Waals surface area contributed by atoms with E-state index in [1.807, 2.05) is 0 Å². The number of nitro benzene ring substituents is 1. The van der Waals surface area contributed by atoms with E-state index < -0.39 is 28.1 Å². The molecule has 0 saturated heterocycles. The quantitative estimate of drug-likeness (QED) is 0.268. The molecule has 0 saturated carbocycles. The maximum Gasteiger partial charge on any atom is 0.342 e. The molecule has 0 bridgehead atoms. The number of aromatic hydroxyl groups is 1. The highest BCUT2D eigenvalue weighted by Crippen LogP contribution is 2.35. The number of hydrogen-bond donors (Lipinski definition) is 3. The first-order chi connectivity index (χ1) is 15.5. The van der Waals surface area contributed by atoms with Crippen molar-refractivity contribution in [1.29, 1.82) is 0 Å². The summed E-state index contributed by atoms with van der Waals surface area (Å²) in [6, 6.07) is 7.70. The first-order valence-corrected chi connectivity index (χ1v) is 9.85. The van der Waals surface area contributed by atoms with E-state index in [0.717, 1.165) is 18.2 Å². The first kappa shape index (κ1) is 23.7. The summed E-state index contributed by atoms with van der Waals surface area (Å²) in [6.45, 7) is 1.48. The Balaban J connectivity index is 1.88. The zero-order chi connectivity index (χ0) is 24.4. The van der Waals surface area contributed by atoms with E-state index in [1.54, 1.807) is 25.2 Å². The molecular formula is C20H15Cl2N5O6. The third-order valence-corrected chi connectivity index (χ3v) is 5.31. The highest BCUT2D eigenvalue weighted by molar-refractivity contribution is 6.42. The maximum absolute atomic E-state index is 12.4. The molecule has 0 unspecified atom stereocenters. The van der Waals surface area contributed by atoms with E-state index in [-0.39, 0.29) is 27.7 Å². The summed E-state index contributed by atoms with van der Waals surface area (Å²) in [7, 11) is 1.59. The fourth-order valence-corrected chi connectivity index (χ4v) is 3.28. The number of carboxylic acids is 1. The highest BCUT2D eigenvalue weighted by Gasteiger charge is 2.23. The molecule has 0 aliphatic carbocycles. The van der Waals surface area contributed by atoms with Crippen molar-refractivity contribution in [3.05, 3.63) is 73.4 Å². The van der Waals surface area contributed by atoms with Gasteiger partial charge in [0.25, 0.3) is 11.6 Å². The van der Waals surface area contributed by atoms with E-state index in [1.165, 1.54) is 11.6 Å². The largest absolute Gasteiger partial charge is 0.504 e. The van der Waals surface area contributed by atoms with Gasteiger partial charge in [-0.25, -0.2) is 10.2 Å². The lowest BCUT2D eigenvalue weighted by atomic mass is 10.1. The van der Waals surface area contributed by atoms with Crippen molar-refractivity contribution in [1.82, 2.24) is 15.2 Å². The van der Waals surface area contributed by atoms with Gasteiger partial charge < -0.3 is 10.2 Å². The van der Waals surface area contributed by atoms with Crippen LogP contribution >= 0.6 is 23.2 Å². The molecule has 0 spiro atoms. The molecule has 11 nitrogen and oxygen atoms in total. The fraction of sp³-hybridized carbons (Fsp3) is 0.100. The topological polar surface area (TPSA) is 160 Å². The lowest BCUT2D eigenvalue weighted by Gasteiger charge is -2.05. The van der Waals surface area contributed by atoms with Gasteiger partial charge in [-0.05, 0) is 31.2 Å². The monoisotopic (exact) mass is 491 g/mol. The number of carboxylic acid groups (broad SMARTS) is 1. The number of nitro groups is 1. The summed E-state index contributed by atoms with van der Waals surface area (Å²) in [5.41, 5.74) is 1.84. The lowest BCUT2D eigenvalue weighted by Crippen LogP contribution is -2.20. The molecule has 0 radical (unpaired) electrons. The maximum atomic E-state index is 12.4. The third-order valence-electron chi connectivity index (χ3n) is 4.57. The number of nitrogens with one attached hydrogen (secondary N) is 1. The van der Waals surface area contributed by atoms with Crippen molar-refractivity contribution < 1.29 is 24.7 Å². The minimum absolute atomic E-state index is 0.0751. The Hall–Kier alpha value is -3.96. The van der Waals surface area contributed by atoms with E-state index in [0.29, 0.717) is 16.3 Å². The molecule has 1 amide bonds. The number of hydrazone groups is 1. The predicted molar refractivity (Wildman–Crippen MR) is 120 cm³/mol. The molecule has 3 rings (SSSR count). The minimum Gasteiger partial charge on any atom is -0.504 e. The minimum atomic E-state index is -1.49. The second kappa shape index (κ2) is 9.27.